The lowest BCUT2D eigenvalue weighted by atomic mass is 9.92. The molecule has 4 heterocycles. The number of anilines is 2. The van der Waals surface area contributed by atoms with Gasteiger partial charge in [0.25, 0.3) is 0 Å². The van der Waals surface area contributed by atoms with Gasteiger partial charge in [-0.3, -0.25) is 14.6 Å². The van der Waals surface area contributed by atoms with Gasteiger partial charge < -0.3 is 20.3 Å². The van der Waals surface area contributed by atoms with Gasteiger partial charge in [-0.25, -0.2) is 9.97 Å². The molecule has 15 heteroatoms. The number of halogens is 6. The van der Waals surface area contributed by atoms with Gasteiger partial charge >= 0.3 is 18.3 Å². The van der Waals surface area contributed by atoms with Gasteiger partial charge in [-0.2, -0.15) is 26.3 Å². The summed E-state index contributed by atoms with van der Waals surface area (Å²) in [6, 6.07) is 16.4. The number of hydrogen-bond acceptors (Lipinski definition) is 8. The van der Waals surface area contributed by atoms with Gasteiger partial charge in [0.2, 0.25) is 0 Å². The molecule has 5 aromatic rings. The van der Waals surface area contributed by atoms with E-state index in [9.17, 15) is 41.4 Å². The summed E-state index contributed by atoms with van der Waals surface area (Å²) in [5.74, 6) is -1.11. The predicted octanol–water partition coefficient (Wildman–Crippen LogP) is 9.35. The first-order valence-electron chi connectivity index (χ1n) is 19.1. The van der Waals surface area contributed by atoms with Crippen molar-refractivity contribution in [3.8, 4) is 16.9 Å². The fourth-order valence-corrected chi connectivity index (χ4v) is 8.05. The Morgan fingerprint density at radius 3 is 2.20 bits per heavy atom. The molecule has 2 atom stereocenters. The molecule has 0 saturated carbocycles. The maximum Gasteiger partial charge on any atom is 0.433 e. The first-order chi connectivity index (χ1) is 28.0. The van der Waals surface area contributed by atoms with E-state index in [0.717, 1.165) is 28.3 Å². The van der Waals surface area contributed by atoms with Gasteiger partial charge in [0, 0.05) is 55.6 Å². The fraction of sp³-hybridized carbons (Fsp3) is 0.341. The Labute approximate surface area is 337 Å². The Kier molecular flexibility index (Phi) is 11.7. The molecule has 2 unspecified atom stereocenters. The summed E-state index contributed by atoms with van der Waals surface area (Å²) in [6.07, 6.45) is -4.57. The van der Waals surface area contributed by atoms with Crippen molar-refractivity contribution < 1.29 is 46.1 Å². The Balaban J connectivity index is 1.18. The van der Waals surface area contributed by atoms with Gasteiger partial charge in [0.1, 0.15) is 17.0 Å². The van der Waals surface area contributed by atoms with E-state index in [0.29, 0.717) is 48.1 Å². The number of benzene rings is 3. The molecule has 2 aliphatic heterocycles. The number of β-amino-alcohol motifs (C(OH)–C–C–N with tert-alkyl or cyclic N) is 1. The highest BCUT2D eigenvalue weighted by molar-refractivity contribution is 5.91. The van der Waals surface area contributed by atoms with Crippen LogP contribution in [0.3, 0.4) is 0 Å². The zero-order valence-electron chi connectivity index (χ0n) is 32.6. The van der Waals surface area contributed by atoms with E-state index >= 15 is 0 Å². The molecule has 0 amide bonds. The maximum absolute atomic E-state index is 14.5. The number of nitrogens with zero attached hydrogens (tertiary/aromatic N) is 4. The zero-order valence-corrected chi connectivity index (χ0v) is 32.6. The lowest BCUT2D eigenvalue weighted by Gasteiger charge is -2.20. The van der Waals surface area contributed by atoms with E-state index in [1.807, 2.05) is 30.9 Å². The van der Waals surface area contributed by atoms with Crippen LogP contribution >= 0.6 is 0 Å². The predicted molar refractivity (Wildman–Crippen MR) is 213 cm³/mol. The number of hydrogen-bond donors (Lipinski definition) is 3. The second-order valence-corrected chi connectivity index (χ2v) is 15.2. The summed E-state index contributed by atoms with van der Waals surface area (Å²) in [7, 11) is 1.38. The number of carbonyl (C=O) groups is 1. The molecule has 7 rings (SSSR count). The average molecular weight is 820 g/mol. The van der Waals surface area contributed by atoms with Crippen molar-refractivity contribution in [3.63, 3.8) is 0 Å². The summed E-state index contributed by atoms with van der Waals surface area (Å²) in [4.78, 5) is 23.5. The quantitative estimate of drug-likeness (QED) is 0.0887. The summed E-state index contributed by atoms with van der Waals surface area (Å²) in [5.41, 5.74) is 2.76. The van der Waals surface area contributed by atoms with Crippen LogP contribution in [0, 0.1) is 19.8 Å². The molecule has 2 aromatic heterocycles. The van der Waals surface area contributed by atoms with Crippen molar-refractivity contribution in [3.05, 3.63) is 111 Å². The molecule has 2 fully saturated rings. The van der Waals surface area contributed by atoms with E-state index in [2.05, 4.69) is 15.3 Å². The van der Waals surface area contributed by atoms with Gasteiger partial charge in [-0.15, -0.1) is 0 Å². The standard InChI is InChI=1S/C44H43F6N5O4/c1-25-27(10-11-28-20-38(59-3)31(19-36(28)43(45,46)47)22-54-16-13-30(21-54)42(57)58)6-4-7-34(25)35-8-5-9-37(26(35)2)52-41-39-29(12-15-51-41)18-32(40(53-39)44(48,49)50)23-55-17-14-33(56)24-55/h4-12,15,18-20,30,33,56H,13-14,16-17,21-24H2,1-3H3,(H,51,52)(H,57,58)/b11-10+. The molecule has 0 aliphatic carbocycles. The first-order valence-corrected chi connectivity index (χ1v) is 19.1. The number of rotatable bonds is 11. The molecule has 3 N–H and O–H groups in total. The zero-order chi connectivity index (χ0) is 42.2. The highest BCUT2D eigenvalue weighted by Crippen LogP contribution is 2.40. The number of carboxylic acid groups (broad SMARTS) is 1. The number of methoxy groups -OCH3 is 1. The van der Waals surface area contributed by atoms with Crippen LogP contribution in [0.15, 0.2) is 66.9 Å². The summed E-state index contributed by atoms with van der Waals surface area (Å²) in [5, 5.41) is 23.0. The van der Waals surface area contributed by atoms with Crippen LogP contribution in [-0.4, -0.2) is 75.3 Å². The third kappa shape index (κ3) is 9.07. The van der Waals surface area contributed by atoms with Crippen molar-refractivity contribution >= 4 is 40.5 Å². The molecule has 0 radical (unpaired) electrons. The van der Waals surface area contributed by atoms with Crippen molar-refractivity contribution in [1.82, 2.24) is 19.8 Å². The third-order valence-electron chi connectivity index (χ3n) is 11.2. The number of fused-ring (bicyclic) bond motifs is 1. The van der Waals surface area contributed by atoms with E-state index in [1.54, 1.807) is 41.3 Å². The average Bonchev–Trinajstić information content (AvgIpc) is 3.83. The first kappa shape index (κ1) is 41.6. The minimum atomic E-state index is -4.73. The Hall–Kier alpha value is -5.51. The molecule has 59 heavy (non-hydrogen) atoms. The van der Waals surface area contributed by atoms with Gasteiger partial charge in [0.05, 0.1) is 24.7 Å². The van der Waals surface area contributed by atoms with Crippen LogP contribution in [-0.2, 0) is 30.2 Å². The SMILES string of the molecule is COc1cc(/C=C/c2cccc(-c3cccc(Nc4nccc5cc(CN6CCC(O)C6)c(C(F)(F)F)nc45)c3C)c2C)c(C(F)(F)F)cc1CN1CCC(C(=O)O)C1. The van der Waals surface area contributed by atoms with Crippen LogP contribution in [0.5, 0.6) is 5.75 Å². The number of likely N-dealkylation sites (tertiary alicyclic amines) is 2. The van der Waals surface area contributed by atoms with Gasteiger partial charge in [0.15, 0.2) is 5.82 Å². The highest BCUT2D eigenvalue weighted by atomic mass is 19.4. The minimum Gasteiger partial charge on any atom is -0.496 e. The lowest BCUT2D eigenvalue weighted by Crippen LogP contribution is -2.24. The second kappa shape index (κ2) is 16.6. The number of aliphatic hydroxyl groups excluding tert-OH is 1. The molecule has 2 saturated heterocycles. The van der Waals surface area contributed by atoms with Crippen molar-refractivity contribution in [1.29, 1.82) is 0 Å². The normalized spacial score (nSPS) is 18.0. The number of pyridine rings is 2. The smallest absolute Gasteiger partial charge is 0.433 e. The highest BCUT2D eigenvalue weighted by Gasteiger charge is 2.38. The number of ether oxygens (including phenoxy) is 1. The molecule has 2 aliphatic rings. The maximum atomic E-state index is 14.5. The number of aliphatic hydroxyl groups is 1. The van der Waals surface area contributed by atoms with E-state index < -0.39 is 41.6 Å². The fourth-order valence-electron chi connectivity index (χ4n) is 8.05. The molecular weight excluding hydrogens is 777 g/mol. The molecule has 9 nitrogen and oxygen atoms in total. The van der Waals surface area contributed by atoms with Crippen LogP contribution in [0.4, 0.5) is 37.8 Å². The molecular formula is C44H43F6N5O4. The van der Waals surface area contributed by atoms with Crippen molar-refractivity contribution in [2.24, 2.45) is 5.92 Å². The number of aliphatic carboxylic acids is 1. The van der Waals surface area contributed by atoms with Gasteiger partial charge in [-0.05, 0) is 103 Å². The minimum absolute atomic E-state index is 0.00456. The number of alkyl halides is 6. The Morgan fingerprint density at radius 1 is 0.864 bits per heavy atom. The molecule has 0 bridgehead atoms. The van der Waals surface area contributed by atoms with Crippen molar-refractivity contribution in [2.45, 2.75) is 58.2 Å². The van der Waals surface area contributed by atoms with Crippen molar-refractivity contribution in [2.75, 3.05) is 38.6 Å². The number of nitrogens with one attached hydrogen (secondary N) is 1. The van der Waals surface area contributed by atoms with Crippen LogP contribution < -0.4 is 10.1 Å². The monoisotopic (exact) mass is 819 g/mol. The Bertz CT molecular complexity index is 2420. The van der Waals surface area contributed by atoms with E-state index in [-0.39, 0.29) is 54.4 Å². The Morgan fingerprint density at radius 2 is 1.54 bits per heavy atom. The number of carboxylic acids is 1. The largest absolute Gasteiger partial charge is 0.496 e. The second-order valence-electron chi connectivity index (χ2n) is 15.2. The number of aromatic nitrogens is 2. The summed E-state index contributed by atoms with van der Waals surface area (Å²) >= 11 is 0. The van der Waals surface area contributed by atoms with Crippen LogP contribution in [0.2, 0.25) is 0 Å². The summed E-state index contributed by atoms with van der Waals surface area (Å²) < 4.78 is 92.2. The molecule has 0 spiro atoms. The third-order valence-corrected chi connectivity index (χ3v) is 11.2. The summed E-state index contributed by atoms with van der Waals surface area (Å²) in [6.45, 7) is 5.28. The molecule has 310 valence electrons. The molecule has 3 aromatic carbocycles. The topological polar surface area (TPSA) is 111 Å². The van der Waals surface area contributed by atoms with Gasteiger partial charge in [-0.1, -0.05) is 42.5 Å². The van der Waals surface area contributed by atoms with E-state index in [1.165, 1.54) is 31.5 Å². The lowest BCUT2D eigenvalue weighted by molar-refractivity contribution is -0.142. The van der Waals surface area contributed by atoms with E-state index in [4.69, 9.17) is 4.74 Å². The van der Waals surface area contributed by atoms with Crippen LogP contribution in [0.25, 0.3) is 34.2 Å². The van der Waals surface area contributed by atoms with Crippen LogP contribution in [0.1, 0.15) is 57.5 Å².